The van der Waals surface area contributed by atoms with E-state index in [9.17, 15) is 0 Å². The Bertz CT molecular complexity index is 728. The monoisotopic (exact) mass is 445 g/mol. The highest BCUT2D eigenvalue weighted by atomic mass is 35.5. The highest BCUT2D eigenvalue weighted by Gasteiger charge is 2.49. The minimum atomic E-state index is 0.595. The molecule has 5 saturated carbocycles. The molecule has 164 valence electrons. The summed E-state index contributed by atoms with van der Waals surface area (Å²) in [4.78, 5) is 2.63. The number of likely N-dealkylation sites (N-methyl/N-ethyl adjacent to an activating group) is 1. The van der Waals surface area contributed by atoms with Crippen LogP contribution in [0.4, 0.5) is 0 Å². The van der Waals surface area contributed by atoms with Crippen LogP contribution in [0, 0.1) is 23.7 Å². The van der Waals surface area contributed by atoms with E-state index < -0.39 is 0 Å². The van der Waals surface area contributed by atoms with Crippen LogP contribution in [0.3, 0.4) is 0 Å². The largest absolute Gasteiger partial charge is 0.297 e. The lowest BCUT2D eigenvalue weighted by Crippen LogP contribution is -2.43. The Balaban J connectivity index is 1.29. The minimum absolute atomic E-state index is 0.595. The number of hydrogen-bond acceptors (Lipinski definition) is 1. The van der Waals surface area contributed by atoms with Gasteiger partial charge in [0, 0.05) is 22.6 Å². The molecule has 0 aromatic heterocycles. The molecule has 0 spiro atoms. The molecule has 0 heterocycles. The molecular weight excluding hydrogens is 409 g/mol. The molecule has 30 heavy (non-hydrogen) atoms. The predicted molar refractivity (Wildman–Crippen MR) is 129 cm³/mol. The van der Waals surface area contributed by atoms with Crippen molar-refractivity contribution >= 4 is 29.3 Å². The van der Waals surface area contributed by atoms with Gasteiger partial charge in [-0.25, -0.2) is 0 Å². The molecule has 0 saturated heterocycles. The van der Waals surface area contributed by atoms with E-state index in [-0.39, 0.29) is 0 Å². The zero-order chi connectivity index (χ0) is 20.7. The Kier molecular flexibility index (Phi) is 6.52. The molecule has 5 fully saturated rings. The molecule has 1 aromatic carbocycles. The van der Waals surface area contributed by atoms with Crippen LogP contribution in [0.25, 0.3) is 6.08 Å². The summed E-state index contributed by atoms with van der Waals surface area (Å²) in [6.07, 6.45) is 18.5. The Morgan fingerprint density at radius 2 is 1.50 bits per heavy atom. The van der Waals surface area contributed by atoms with Gasteiger partial charge in [-0.2, -0.15) is 0 Å². The average molecular weight is 447 g/mol. The van der Waals surface area contributed by atoms with Crippen LogP contribution in [0.1, 0.15) is 88.2 Å². The third kappa shape index (κ3) is 4.24. The molecule has 0 amide bonds. The quantitative estimate of drug-likeness (QED) is 0.426. The van der Waals surface area contributed by atoms with Gasteiger partial charge < -0.3 is 0 Å². The number of halogens is 2. The maximum Gasteiger partial charge on any atom is 0.0461 e. The lowest BCUT2D eigenvalue weighted by Gasteiger charge is -2.55. The first kappa shape index (κ1) is 21.4. The third-order valence-electron chi connectivity index (χ3n) is 8.81. The summed E-state index contributed by atoms with van der Waals surface area (Å²) in [5.74, 6) is 4.18. The fraction of sp³-hybridized carbons (Fsp3) is 0.704. The van der Waals surface area contributed by atoms with E-state index >= 15 is 0 Å². The van der Waals surface area contributed by atoms with Gasteiger partial charge in [-0.05, 0) is 104 Å². The predicted octanol–water partition coefficient (Wildman–Crippen LogP) is 8.20. The van der Waals surface area contributed by atoms with E-state index in [4.69, 9.17) is 23.2 Å². The lowest BCUT2D eigenvalue weighted by atomic mass is 9.50. The summed E-state index contributed by atoms with van der Waals surface area (Å²) >= 11 is 13.8. The molecule has 5 aliphatic rings. The van der Waals surface area contributed by atoms with E-state index in [1.807, 2.05) is 0 Å². The van der Waals surface area contributed by atoms with E-state index in [0.717, 1.165) is 58.4 Å². The number of hydrogen-bond donors (Lipinski definition) is 0. The van der Waals surface area contributed by atoms with Gasteiger partial charge in [0.05, 0.1) is 0 Å². The molecule has 3 heteroatoms. The van der Waals surface area contributed by atoms with Gasteiger partial charge in [0.2, 0.25) is 0 Å². The van der Waals surface area contributed by atoms with E-state index in [1.165, 1.54) is 69.8 Å². The van der Waals surface area contributed by atoms with Crippen LogP contribution in [-0.4, -0.2) is 24.0 Å². The second-order valence-corrected chi connectivity index (χ2v) is 11.5. The second kappa shape index (κ2) is 9.16. The van der Waals surface area contributed by atoms with Crippen molar-refractivity contribution in [2.24, 2.45) is 23.7 Å². The van der Waals surface area contributed by atoms with Gasteiger partial charge in [0.1, 0.15) is 0 Å². The maximum absolute atomic E-state index is 6.89. The van der Waals surface area contributed by atoms with Crippen molar-refractivity contribution in [1.82, 2.24) is 4.90 Å². The number of nitrogens with zero attached hydrogens (tertiary/aromatic N) is 1. The van der Waals surface area contributed by atoms with Gasteiger partial charge in [0.15, 0.2) is 0 Å². The zero-order valence-electron chi connectivity index (χ0n) is 18.5. The van der Waals surface area contributed by atoms with Crippen LogP contribution in [0.5, 0.6) is 0 Å². The molecule has 5 aliphatic carbocycles. The number of benzene rings is 1. The van der Waals surface area contributed by atoms with Crippen LogP contribution < -0.4 is 0 Å². The summed E-state index contributed by atoms with van der Waals surface area (Å²) in [5.41, 5.74) is 2.42. The summed E-state index contributed by atoms with van der Waals surface area (Å²) in [6, 6.07) is 5.10. The van der Waals surface area contributed by atoms with Gasteiger partial charge >= 0.3 is 0 Å². The normalized spacial score (nSPS) is 33.8. The zero-order valence-corrected chi connectivity index (χ0v) is 20.0. The fourth-order valence-electron chi connectivity index (χ4n) is 7.72. The van der Waals surface area contributed by atoms with E-state index in [1.54, 1.807) is 0 Å². The van der Waals surface area contributed by atoms with E-state index in [2.05, 4.69) is 36.1 Å². The molecule has 0 atom stereocenters. The first-order valence-corrected chi connectivity index (χ1v) is 13.3. The molecule has 0 N–H and O–H groups in total. The molecule has 0 radical (unpaired) electrons. The first-order valence-electron chi connectivity index (χ1n) is 12.5. The van der Waals surface area contributed by atoms with Gasteiger partial charge in [0.25, 0.3) is 0 Å². The molecule has 4 bridgehead atoms. The second-order valence-electron chi connectivity index (χ2n) is 10.6. The summed E-state index contributed by atoms with van der Waals surface area (Å²) in [7, 11) is 0. The van der Waals surface area contributed by atoms with Crippen molar-refractivity contribution in [3.8, 4) is 0 Å². The summed E-state index contributed by atoms with van der Waals surface area (Å²) < 4.78 is 0. The molecule has 6 rings (SSSR count). The van der Waals surface area contributed by atoms with Gasteiger partial charge in [-0.3, -0.25) is 4.90 Å². The highest BCUT2D eigenvalue weighted by Crippen LogP contribution is 2.61. The molecule has 1 nitrogen and oxygen atoms in total. The van der Waals surface area contributed by atoms with Crippen LogP contribution in [-0.2, 0) is 0 Å². The molecule has 0 aliphatic heterocycles. The SMILES string of the molecule is CCN(C/C=C\c1cc(Cl)c(C2C3CC4CC(C3)CC2C4)c(Cl)c1)C1CCCCC1. The van der Waals surface area contributed by atoms with Crippen molar-refractivity contribution in [3.05, 3.63) is 39.4 Å². The Hall–Kier alpha value is -0.500. The standard InChI is InChI=1S/C27H37Cl2N/c1-2-30(23-8-4-3-5-9-23)10-6-7-18-16-24(28)27(25(29)17-18)26-21-12-19-11-20(14-21)15-22(26)13-19/h6-7,16-17,19-23,26H,2-5,8-15H2,1H3/b7-6-. The van der Waals surface area contributed by atoms with Crippen molar-refractivity contribution < 1.29 is 0 Å². The fourth-order valence-corrected chi connectivity index (χ4v) is 8.48. The van der Waals surface area contributed by atoms with Crippen molar-refractivity contribution in [3.63, 3.8) is 0 Å². The highest BCUT2D eigenvalue weighted by molar-refractivity contribution is 6.36. The maximum atomic E-state index is 6.89. The smallest absolute Gasteiger partial charge is 0.0461 e. The molecular formula is C27H37Cl2N. The molecule has 1 aromatic rings. The van der Waals surface area contributed by atoms with Crippen molar-refractivity contribution in [1.29, 1.82) is 0 Å². The Morgan fingerprint density at radius 3 is 2.07 bits per heavy atom. The van der Waals surface area contributed by atoms with Crippen molar-refractivity contribution in [2.75, 3.05) is 13.1 Å². The van der Waals surface area contributed by atoms with Gasteiger partial charge in [-0.1, -0.05) is 61.5 Å². The number of rotatable bonds is 6. The summed E-state index contributed by atoms with van der Waals surface area (Å²) in [5, 5.41) is 1.80. The average Bonchev–Trinajstić information content (AvgIpc) is 2.73. The van der Waals surface area contributed by atoms with Crippen molar-refractivity contribution in [2.45, 2.75) is 83.1 Å². The first-order chi connectivity index (χ1) is 14.6. The van der Waals surface area contributed by atoms with Crippen LogP contribution in [0.2, 0.25) is 10.0 Å². The lowest BCUT2D eigenvalue weighted by molar-refractivity contribution is -0.00272. The van der Waals surface area contributed by atoms with Crippen LogP contribution >= 0.6 is 23.2 Å². The summed E-state index contributed by atoms with van der Waals surface area (Å²) in [6.45, 7) is 4.44. The Labute approximate surface area is 193 Å². The topological polar surface area (TPSA) is 3.24 Å². The Morgan fingerprint density at radius 1 is 0.900 bits per heavy atom. The van der Waals surface area contributed by atoms with E-state index in [0.29, 0.717) is 5.92 Å². The third-order valence-corrected chi connectivity index (χ3v) is 9.43. The van der Waals surface area contributed by atoms with Gasteiger partial charge in [-0.15, -0.1) is 0 Å². The molecule has 0 unspecified atom stereocenters. The van der Waals surface area contributed by atoms with Crippen LogP contribution in [0.15, 0.2) is 18.2 Å². The minimum Gasteiger partial charge on any atom is -0.297 e.